The third-order valence-corrected chi connectivity index (χ3v) is 3.28. The van der Waals surface area contributed by atoms with Gasteiger partial charge in [0, 0.05) is 5.92 Å². The third-order valence-electron chi connectivity index (χ3n) is 3.28. The topological polar surface area (TPSA) is 61.1 Å². The number of carboxylic acids is 1. The summed E-state index contributed by atoms with van der Waals surface area (Å²) in [6, 6.07) is 2.34. The van der Waals surface area contributed by atoms with Crippen LogP contribution in [0.1, 0.15) is 39.0 Å². The predicted octanol–water partition coefficient (Wildman–Crippen LogP) is 2.98. The molecule has 0 spiro atoms. The van der Waals surface area contributed by atoms with Gasteiger partial charge in [-0.1, -0.05) is 31.9 Å². The Labute approximate surface area is 96.8 Å². The Balaban J connectivity index is 2.56. The van der Waals surface area contributed by atoms with Crippen LogP contribution in [0, 0.1) is 29.1 Å². The Kier molecular flexibility index (Phi) is 5.04. The van der Waals surface area contributed by atoms with E-state index in [9.17, 15) is 4.79 Å². The van der Waals surface area contributed by atoms with Crippen molar-refractivity contribution in [3.8, 4) is 6.07 Å². The van der Waals surface area contributed by atoms with Crippen LogP contribution in [0.5, 0.6) is 0 Å². The minimum absolute atomic E-state index is 0.0201. The number of carbonyl (C=O) groups is 1. The molecular weight excluding hydrogens is 202 g/mol. The van der Waals surface area contributed by atoms with E-state index in [1.165, 1.54) is 0 Å². The van der Waals surface area contributed by atoms with Gasteiger partial charge >= 0.3 is 5.97 Å². The number of carboxylic acid groups (broad SMARTS) is 1. The summed E-state index contributed by atoms with van der Waals surface area (Å²) in [5.74, 6) is -0.918. The molecule has 0 heterocycles. The van der Waals surface area contributed by atoms with Crippen LogP contribution in [0.3, 0.4) is 0 Å². The first-order valence-electron chi connectivity index (χ1n) is 5.98. The Morgan fingerprint density at radius 1 is 1.69 bits per heavy atom. The maximum Gasteiger partial charge on any atom is 0.310 e. The first-order valence-corrected chi connectivity index (χ1v) is 5.98. The van der Waals surface area contributed by atoms with E-state index in [0.29, 0.717) is 6.42 Å². The molecular formula is C13H19NO2. The van der Waals surface area contributed by atoms with Gasteiger partial charge in [0.2, 0.25) is 0 Å². The second-order valence-electron chi connectivity index (χ2n) is 4.48. The first kappa shape index (κ1) is 12.8. The molecule has 0 radical (unpaired) electrons. The van der Waals surface area contributed by atoms with Crippen LogP contribution in [-0.2, 0) is 4.79 Å². The molecule has 0 saturated heterocycles. The van der Waals surface area contributed by atoms with Crippen molar-refractivity contribution >= 4 is 5.97 Å². The Morgan fingerprint density at radius 2 is 2.44 bits per heavy atom. The summed E-state index contributed by atoms with van der Waals surface area (Å²) in [7, 11) is 0. The van der Waals surface area contributed by atoms with Crippen molar-refractivity contribution in [2.45, 2.75) is 39.0 Å². The van der Waals surface area contributed by atoms with Gasteiger partial charge in [0.05, 0.1) is 12.0 Å². The number of hydrogen-bond donors (Lipinski definition) is 1. The average Bonchev–Trinajstić information content (AvgIpc) is 2.30. The standard InChI is InChI=1S/C13H19NO2/c1-2-3-5-12(9-14)10-6-4-7-11(8-10)13(15)16/h4,7,10-12H,2-3,5-6,8H2,1H3,(H,15,16). The van der Waals surface area contributed by atoms with E-state index in [4.69, 9.17) is 10.4 Å². The fourth-order valence-electron chi connectivity index (χ4n) is 2.26. The first-order chi connectivity index (χ1) is 7.69. The van der Waals surface area contributed by atoms with Gasteiger partial charge in [-0.2, -0.15) is 5.26 Å². The number of allylic oxidation sites excluding steroid dienone is 1. The summed E-state index contributed by atoms with van der Waals surface area (Å²) in [6.45, 7) is 2.11. The van der Waals surface area contributed by atoms with Crippen LogP contribution in [0.15, 0.2) is 12.2 Å². The SMILES string of the molecule is CCCCC(C#N)C1CC=CC(C(=O)O)C1. The lowest BCUT2D eigenvalue weighted by atomic mass is 9.77. The highest BCUT2D eigenvalue weighted by Gasteiger charge is 2.28. The van der Waals surface area contributed by atoms with Gasteiger partial charge in [0.1, 0.15) is 0 Å². The molecule has 0 saturated carbocycles. The molecule has 1 aliphatic rings. The van der Waals surface area contributed by atoms with E-state index in [1.807, 2.05) is 6.08 Å². The molecule has 0 amide bonds. The molecule has 0 aromatic heterocycles. The van der Waals surface area contributed by atoms with E-state index in [1.54, 1.807) is 6.08 Å². The van der Waals surface area contributed by atoms with Crippen molar-refractivity contribution in [1.29, 1.82) is 5.26 Å². The van der Waals surface area contributed by atoms with Gasteiger partial charge in [0.25, 0.3) is 0 Å². The van der Waals surface area contributed by atoms with Gasteiger partial charge < -0.3 is 5.11 Å². The normalized spacial score (nSPS) is 26.0. The summed E-state index contributed by atoms with van der Waals surface area (Å²) < 4.78 is 0. The lowest BCUT2D eigenvalue weighted by molar-refractivity contribution is -0.140. The summed E-state index contributed by atoms with van der Waals surface area (Å²) in [5.41, 5.74) is 0. The van der Waals surface area contributed by atoms with Crippen molar-refractivity contribution in [3.63, 3.8) is 0 Å². The number of nitriles is 1. The number of rotatable bonds is 5. The van der Waals surface area contributed by atoms with Crippen LogP contribution in [0.4, 0.5) is 0 Å². The molecule has 0 aromatic carbocycles. The maximum absolute atomic E-state index is 10.9. The second-order valence-corrected chi connectivity index (χ2v) is 4.48. The lowest BCUT2D eigenvalue weighted by Crippen LogP contribution is -2.23. The van der Waals surface area contributed by atoms with Crippen LogP contribution in [0.2, 0.25) is 0 Å². The van der Waals surface area contributed by atoms with Gasteiger partial charge in [-0.25, -0.2) is 0 Å². The van der Waals surface area contributed by atoms with E-state index < -0.39 is 11.9 Å². The van der Waals surface area contributed by atoms with Crippen LogP contribution >= 0.6 is 0 Å². The average molecular weight is 221 g/mol. The molecule has 3 unspecified atom stereocenters. The Hall–Kier alpha value is -1.30. The fourth-order valence-corrected chi connectivity index (χ4v) is 2.26. The largest absolute Gasteiger partial charge is 0.481 e. The third kappa shape index (κ3) is 3.37. The number of aliphatic carboxylic acids is 1. The van der Waals surface area contributed by atoms with Crippen LogP contribution < -0.4 is 0 Å². The smallest absolute Gasteiger partial charge is 0.310 e. The zero-order valence-corrected chi connectivity index (χ0v) is 9.72. The van der Waals surface area contributed by atoms with Crippen molar-refractivity contribution in [3.05, 3.63) is 12.2 Å². The number of hydrogen-bond acceptors (Lipinski definition) is 2. The minimum atomic E-state index is -0.770. The van der Waals surface area contributed by atoms with Gasteiger partial charge in [-0.3, -0.25) is 4.79 Å². The molecule has 0 aromatic rings. The number of nitrogens with zero attached hydrogens (tertiary/aromatic N) is 1. The summed E-state index contributed by atoms with van der Waals surface area (Å²) in [4.78, 5) is 10.9. The van der Waals surface area contributed by atoms with Crippen molar-refractivity contribution in [2.75, 3.05) is 0 Å². The molecule has 0 aliphatic heterocycles. The summed E-state index contributed by atoms with van der Waals surface area (Å²) >= 11 is 0. The van der Waals surface area contributed by atoms with E-state index in [-0.39, 0.29) is 11.8 Å². The quantitative estimate of drug-likeness (QED) is 0.726. The zero-order chi connectivity index (χ0) is 12.0. The van der Waals surface area contributed by atoms with Crippen LogP contribution in [0.25, 0.3) is 0 Å². The Morgan fingerprint density at radius 3 is 3.00 bits per heavy atom. The highest BCUT2D eigenvalue weighted by Crippen LogP contribution is 2.32. The summed E-state index contributed by atoms with van der Waals surface area (Å²) in [6.07, 6.45) is 8.19. The van der Waals surface area contributed by atoms with Crippen molar-refractivity contribution in [2.24, 2.45) is 17.8 Å². The van der Waals surface area contributed by atoms with Crippen LogP contribution in [-0.4, -0.2) is 11.1 Å². The molecule has 0 bridgehead atoms. The molecule has 3 atom stereocenters. The van der Waals surface area contributed by atoms with Gasteiger partial charge in [0.15, 0.2) is 0 Å². The molecule has 1 rings (SSSR count). The highest BCUT2D eigenvalue weighted by molar-refractivity contribution is 5.72. The Bertz CT molecular complexity index is 304. The van der Waals surface area contributed by atoms with Gasteiger partial charge in [-0.05, 0) is 25.2 Å². The molecule has 3 heteroatoms. The van der Waals surface area contributed by atoms with E-state index in [0.717, 1.165) is 25.7 Å². The van der Waals surface area contributed by atoms with E-state index in [2.05, 4.69) is 13.0 Å². The number of unbranched alkanes of at least 4 members (excludes halogenated alkanes) is 1. The minimum Gasteiger partial charge on any atom is -0.481 e. The predicted molar refractivity (Wildman–Crippen MR) is 61.6 cm³/mol. The maximum atomic E-state index is 10.9. The molecule has 16 heavy (non-hydrogen) atoms. The van der Waals surface area contributed by atoms with E-state index >= 15 is 0 Å². The highest BCUT2D eigenvalue weighted by atomic mass is 16.4. The molecule has 3 nitrogen and oxygen atoms in total. The lowest BCUT2D eigenvalue weighted by Gasteiger charge is -2.26. The van der Waals surface area contributed by atoms with Gasteiger partial charge in [-0.15, -0.1) is 0 Å². The second kappa shape index (κ2) is 6.32. The molecule has 1 aliphatic carbocycles. The fraction of sp³-hybridized carbons (Fsp3) is 0.692. The van der Waals surface area contributed by atoms with Crippen molar-refractivity contribution < 1.29 is 9.90 Å². The zero-order valence-electron chi connectivity index (χ0n) is 9.72. The summed E-state index contributed by atoms with van der Waals surface area (Å²) in [5, 5.41) is 18.1. The molecule has 0 fully saturated rings. The molecule has 1 N–H and O–H groups in total. The molecule has 88 valence electrons. The van der Waals surface area contributed by atoms with Crippen molar-refractivity contribution in [1.82, 2.24) is 0 Å². The monoisotopic (exact) mass is 221 g/mol.